The first-order chi connectivity index (χ1) is 13.8. The van der Waals surface area contributed by atoms with E-state index >= 15 is 0 Å². The second-order valence-corrected chi connectivity index (χ2v) is 7.94. The van der Waals surface area contributed by atoms with E-state index in [1.165, 1.54) is 9.91 Å². The summed E-state index contributed by atoms with van der Waals surface area (Å²) in [7, 11) is 5.25. The Kier molecular flexibility index (Phi) is 6.39. The number of rotatable bonds is 6. The maximum absolute atomic E-state index is 13.3. The van der Waals surface area contributed by atoms with E-state index in [-0.39, 0.29) is 24.4 Å². The minimum Gasteiger partial charge on any atom is -0.467 e. The van der Waals surface area contributed by atoms with E-state index in [2.05, 4.69) is 5.10 Å². The van der Waals surface area contributed by atoms with E-state index in [0.29, 0.717) is 17.2 Å². The predicted octanol–water partition coefficient (Wildman–Crippen LogP) is 1.60. The van der Waals surface area contributed by atoms with Crippen LogP contribution < -0.4 is 4.90 Å². The van der Waals surface area contributed by atoms with Crippen LogP contribution in [0.4, 0.5) is 0 Å². The highest BCUT2D eigenvalue weighted by Crippen LogP contribution is 2.33. The lowest BCUT2D eigenvalue weighted by Crippen LogP contribution is -3.15. The second kappa shape index (κ2) is 8.80. The Labute approximate surface area is 175 Å². The van der Waals surface area contributed by atoms with Gasteiger partial charge in [0.05, 0.1) is 19.0 Å². The van der Waals surface area contributed by atoms with Gasteiger partial charge in [0.1, 0.15) is 11.8 Å². The maximum Gasteiger partial charge on any atom is 0.301 e. The Morgan fingerprint density at radius 1 is 1.31 bits per heavy atom. The van der Waals surface area contributed by atoms with Crippen LogP contribution in [0.1, 0.15) is 30.7 Å². The minimum absolute atomic E-state index is 0.0310. The van der Waals surface area contributed by atoms with Crippen LogP contribution in [0.15, 0.2) is 52.2 Å². The summed E-state index contributed by atoms with van der Waals surface area (Å²) < 4.78 is 5.58. The van der Waals surface area contributed by atoms with Crippen LogP contribution in [0.5, 0.6) is 0 Å². The van der Waals surface area contributed by atoms with Gasteiger partial charge in [-0.2, -0.15) is 5.10 Å². The number of furan rings is 1. The summed E-state index contributed by atoms with van der Waals surface area (Å²) in [6.45, 7) is 2.04. The number of benzene rings is 1. The van der Waals surface area contributed by atoms with Gasteiger partial charge in [-0.15, -0.1) is 0 Å². The van der Waals surface area contributed by atoms with Gasteiger partial charge < -0.3 is 14.2 Å². The number of hydrogen-bond acceptors (Lipinski definition) is 4. The first kappa shape index (κ1) is 21.1. The van der Waals surface area contributed by atoms with Crippen LogP contribution in [0.2, 0.25) is 5.02 Å². The van der Waals surface area contributed by atoms with Gasteiger partial charge in [-0.25, -0.2) is 5.01 Å². The number of hydrogen-bond donors (Lipinski definition) is 1. The number of hydrazone groups is 1. The van der Waals surface area contributed by atoms with E-state index in [1.807, 2.05) is 32.2 Å². The third-order valence-electron chi connectivity index (χ3n) is 5.22. The molecule has 1 aromatic carbocycles. The minimum atomic E-state index is -0.440. The molecular formula is C21H26ClN4O3+. The molecule has 1 N–H and O–H groups in total. The summed E-state index contributed by atoms with van der Waals surface area (Å²) in [6, 6.07) is 10.3. The van der Waals surface area contributed by atoms with Crippen LogP contribution in [-0.4, -0.2) is 61.2 Å². The molecule has 8 heteroatoms. The lowest BCUT2D eigenvalue weighted by Gasteiger charge is -2.26. The van der Waals surface area contributed by atoms with Gasteiger partial charge in [0.25, 0.3) is 5.91 Å². The topological polar surface area (TPSA) is 70.6 Å². The van der Waals surface area contributed by atoms with Crippen LogP contribution >= 0.6 is 11.6 Å². The number of nitrogens with one attached hydrogen (secondary N) is 1. The molecule has 29 heavy (non-hydrogen) atoms. The van der Waals surface area contributed by atoms with Crippen molar-refractivity contribution in [1.29, 1.82) is 0 Å². The molecule has 0 saturated carbocycles. The number of halogens is 1. The number of likely N-dealkylation sites (N-methyl/N-ethyl adjacent to an activating group) is 2. The second-order valence-electron chi connectivity index (χ2n) is 7.50. The molecule has 1 aliphatic rings. The Morgan fingerprint density at radius 3 is 2.59 bits per heavy atom. The quantitative estimate of drug-likeness (QED) is 0.776. The van der Waals surface area contributed by atoms with Crippen molar-refractivity contribution in [2.75, 3.05) is 27.7 Å². The summed E-state index contributed by atoms with van der Waals surface area (Å²) in [5, 5.41) is 6.77. The summed E-state index contributed by atoms with van der Waals surface area (Å²) in [4.78, 5) is 27.7. The van der Waals surface area contributed by atoms with E-state index in [0.717, 1.165) is 16.2 Å². The Bertz CT molecular complexity index is 893. The van der Waals surface area contributed by atoms with Crippen molar-refractivity contribution in [3.63, 3.8) is 0 Å². The van der Waals surface area contributed by atoms with Gasteiger partial charge >= 0.3 is 5.91 Å². The highest BCUT2D eigenvalue weighted by molar-refractivity contribution is 6.30. The molecule has 1 unspecified atom stereocenters. The zero-order valence-electron chi connectivity index (χ0n) is 17.1. The van der Waals surface area contributed by atoms with Gasteiger partial charge in [0, 0.05) is 25.5 Å². The average Bonchev–Trinajstić information content (AvgIpc) is 3.36. The number of amides is 2. The number of carbonyl (C=O) groups is 2. The zero-order valence-corrected chi connectivity index (χ0v) is 17.8. The predicted molar refractivity (Wildman–Crippen MR) is 111 cm³/mol. The van der Waals surface area contributed by atoms with Crippen LogP contribution in [-0.2, 0) is 9.59 Å². The molecule has 0 saturated heterocycles. The molecule has 0 bridgehead atoms. The van der Waals surface area contributed by atoms with Crippen LogP contribution in [0, 0.1) is 0 Å². The highest BCUT2D eigenvalue weighted by atomic mass is 35.5. The van der Waals surface area contributed by atoms with Gasteiger partial charge in [0.15, 0.2) is 12.6 Å². The van der Waals surface area contributed by atoms with Gasteiger partial charge in [0.2, 0.25) is 0 Å². The molecule has 154 valence electrons. The van der Waals surface area contributed by atoms with Crippen molar-refractivity contribution >= 4 is 29.1 Å². The fraction of sp³-hybridized carbons (Fsp3) is 0.381. The first-order valence-corrected chi connectivity index (χ1v) is 9.88. The number of nitrogens with zero attached hydrogens (tertiary/aromatic N) is 3. The molecule has 2 heterocycles. The third kappa shape index (κ3) is 4.68. The molecule has 0 radical (unpaired) electrons. The van der Waals surface area contributed by atoms with Gasteiger partial charge in [-0.3, -0.25) is 9.59 Å². The third-order valence-corrected chi connectivity index (χ3v) is 5.48. The van der Waals surface area contributed by atoms with Crippen LogP contribution in [0.3, 0.4) is 0 Å². The molecule has 0 aliphatic carbocycles. The maximum atomic E-state index is 13.3. The molecule has 1 aliphatic heterocycles. The molecule has 0 spiro atoms. The largest absolute Gasteiger partial charge is 0.467 e. The van der Waals surface area contributed by atoms with Crippen molar-refractivity contribution in [3.8, 4) is 0 Å². The lowest BCUT2D eigenvalue weighted by atomic mass is 10.0. The average molecular weight is 418 g/mol. The molecule has 2 amide bonds. The lowest BCUT2D eigenvalue weighted by molar-refractivity contribution is -0.886. The SMILES string of the molecule is C[C@@H](C(=O)N1N=C(c2ccc(Cl)cc2)C[C@H]1c1ccco1)[NH+](C)CC(=O)N(C)C. The summed E-state index contributed by atoms with van der Waals surface area (Å²) in [5.41, 5.74) is 1.71. The Balaban J connectivity index is 1.84. The van der Waals surface area contributed by atoms with Crippen molar-refractivity contribution in [3.05, 3.63) is 59.0 Å². The van der Waals surface area contributed by atoms with Gasteiger partial charge in [-0.05, 0) is 36.8 Å². The van der Waals surface area contributed by atoms with Crippen molar-refractivity contribution in [2.24, 2.45) is 5.10 Å². The molecule has 3 rings (SSSR count). The fourth-order valence-electron chi connectivity index (χ4n) is 3.19. The first-order valence-electron chi connectivity index (χ1n) is 9.50. The highest BCUT2D eigenvalue weighted by Gasteiger charge is 2.39. The Hall–Kier alpha value is -2.64. The van der Waals surface area contributed by atoms with Crippen molar-refractivity contribution < 1.29 is 18.9 Å². The molecule has 2 aromatic rings. The molecule has 3 atom stereocenters. The number of carbonyl (C=O) groups excluding carboxylic acids is 2. The smallest absolute Gasteiger partial charge is 0.301 e. The van der Waals surface area contributed by atoms with E-state index in [9.17, 15) is 9.59 Å². The normalized spacial score (nSPS) is 18.3. The van der Waals surface area contributed by atoms with E-state index in [1.54, 1.807) is 38.6 Å². The summed E-state index contributed by atoms with van der Waals surface area (Å²) >= 11 is 5.99. The summed E-state index contributed by atoms with van der Waals surface area (Å²) in [5.74, 6) is 0.496. The summed E-state index contributed by atoms with van der Waals surface area (Å²) in [6.07, 6.45) is 2.14. The molecular weight excluding hydrogens is 392 g/mol. The zero-order chi connectivity index (χ0) is 21.1. The van der Waals surface area contributed by atoms with Crippen molar-refractivity contribution in [1.82, 2.24) is 9.91 Å². The van der Waals surface area contributed by atoms with Gasteiger partial charge in [-0.1, -0.05) is 23.7 Å². The molecule has 1 aromatic heterocycles. The Morgan fingerprint density at radius 2 is 2.00 bits per heavy atom. The van der Waals surface area contributed by atoms with Crippen LogP contribution in [0.25, 0.3) is 0 Å². The van der Waals surface area contributed by atoms with Crippen molar-refractivity contribution in [2.45, 2.75) is 25.4 Å². The monoisotopic (exact) mass is 417 g/mol. The van der Waals surface area contributed by atoms with E-state index in [4.69, 9.17) is 16.0 Å². The molecule has 7 nitrogen and oxygen atoms in total. The number of quaternary nitrogens is 1. The fourth-order valence-corrected chi connectivity index (χ4v) is 3.32. The standard InChI is InChI=1S/C21H25ClN4O3/c1-14(25(4)13-20(27)24(2)3)21(28)26-18(19-6-5-11-29-19)12-17(23-26)15-7-9-16(22)10-8-15/h5-11,14,18H,12-13H2,1-4H3/p+1/t14-,18-/m0/s1. The molecule has 0 fully saturated rings. The van der Waals surface area contributed by atoms with E-state index < -0.39 is 6.04 Å².